The quantitative estimate of drug-likeness (QED) is 0.837. The molecule has 0 bridgehead atoms. The minimum Gasteiger partial charge on any atom is -0.381 e. The maximum atomic E-state index is 13.6. The predicted molar refractivity (Wildman–Crippen MR) is 71.5 cm³/mol. The molecule has 1 atom stereocenters. The highest BCUT2D eigenvalue weighted by molar-refractivity contribution is 5.94. The summed E-state index contributed by atoms with van der Waals surface area (Å²) in [6.45, 7) is 4.70. The second-order valence-corrected chi connectivity index (χ2v) is 4.90. The zero-order valence-electron chi connectivity index (χ0n) is 11.3. The van der Waals surface area contributed by atoms with Crippen molar-refractivity contribution in [1.29, 1.82) is 0 Å². The van der Waals surface area contributed by atoms with Gasteiger partial charge in [-0.1, -0.05) is 12.1 Å². The summed E-state index contributed by atoms with van der Waals surface area (Å²) in [5, 5.41) is 0. The van der Waals surface area contributed by atoms with Crippen molar-refractivity contribution < 1.29 is 13.9 Å². The third-order valence-electron chi connectivity index (χ3n) is 3.47. The van der Waals surface area contributed by atoms with E-state index in [1.165, 1.54) is 6.07 Å². The van der Waals surface area contributed by atoms with Gasteiger partial charge in [0.05, 0.1) is 12.2 Å². The summed E-state index contributed by atoms with van der Waals surface area (Å²) in [7, 11) is 0. The molecule has 0 N–H and O–H groups in total. The van der Waals surface area contributed by atoms with Crippen molar-refractivity contribution in [2.24, 2.45) is 5.92 Å². The van der Waals surface area contributed by atoms with E-state index in [1.54, 1.807) is 23.1 Å². The molecule has 3 nitrogen and oxygen atoms in total. The molecule has 1 heterocycles. The SMILES string of the molecule is CCOCC1CCCN(C(=O)c2ccccc2F)C1. The number of likely N-dealkylation sites (tertiary alicyclic amines) is 1. The summed E-state index contributed by atoms with van der Waals surface area (Å²) in [5.41, 5.74) is 0.166. The molecule has 1 aliphatic rings. The van der Waals surface area contributed by atoms with Crippen LogP contribution in [-0.4, -0.2) is 37.1 Å². The Bertz CT molecular complexity index is 436. The Hall–Kier alpha value is -1.42. The summed E-state index contributed by atoms with van der Waals surface area (Å²) in [5.74, 6) is -0.289. The smallest absolute Gasteiger partial charge is 0.256 e. The van der Waals surface area contributed by atoms with Crippen molar-refractivity contribution in [3.63, 3.8) is 0 Å². The minimum absolute atomic E-state index is 0.166. The van der Waals surface area contributed by atoms with Gasteiger partial charge in [0, 0.05) is 19.7 Å². The topological polar surface area (TPSA) is 29.5 Å². The molecule has 104 valence electrons. The highest BCUT2D eigenvalue weighted by atomic mass is 19.1. The maximum absolute atomic E-state index is 13.6. The van der Waals surface area contributed by atoms with Gasteiger partial charge in [0.1, 0.15) is 5.82 Å². The molecule has 0 radical (unpaired) electrons. The van der Waals surface area contributed by atoms with E-state index in [2.05, 4.69) is 0 Å². The zero-order chi connectivity index (χ0) is 13.7. The second-order valence-electron chi connectivity index (χ2n) is 4.90. The highest BCUT2D eigenvalue weighted by Gasteiger charge is 2.25. The van der Waals surface area contributed by atoms with Gasteiger partial charge in [0.15, 0.2) is 0 Å². The third-order valence-corrected chi connectivity index (χ3v) is 3.47. The molecule has 4 heteroatoms. The largest absolute Gasteiger partial charge is 0.381 e. The molecule has 0 saturated carbocycles. The van der Waals surface area contributed by atoms with Crippen LogP contribution in [0.4, 0.5) is 4.39 Å². The minimum atomic E-state index is -0.445. The first-order valence-corrected chi connectivity index (χ1v) is 6.84. The van der Waals surface area contributed by atoms with E-state index in [-0.39, 0.29) is 11.5 Å². The van der Waals surface area contributed by atoms with Crippen LogP contribution in [0.25, 0.3) is 0 Å². The number of ether oxygens (including phenoxy) is 1. The van der Waals surface area contributed by atoms with Crippen LogP contribution in [0.15, 0.2) is 24.3 Å². The molecule has 0 aliphatic carbocycles. The molecule has 1 amide bonds. The van der Waals surface area contributed by atoms with Gasteiger partial charge in [0.25, 0.3) is 5.91 Å². The summed E-state index contributed by atoms with van der Waals surface area (Å²) >= 11 is 0. The van der Waals surface area contributed by atoms with Crippen molar-refractivity contribution in [2.75, 3.05) is 26.3 Å². The normalized spacial score (nSPS) is 19.5. The van der Waals surface area contributed by atoms with Crippen molar-refractivity contribution in [3.8, 4) is 0 Å². The Balaban J connectivity index is 2.01. The number of benzene rings is 1. The molecule has 0 spiro atoms. The van der Waals surface area contributed by atoms with Gasteiger partial charge in [-0.15, -0.1) is 0 Å². The molecule has 1 unspecified atom stereocenters. The van der Waals surface area contributed by atoms with Crippen molar-refractivity contribution in [3.05, 3.63) is 35.6 Å². The fourth-order valence-electron chi connectivity index (χ4n) is 2.48. The number of nitrogens with zero attached hydrogens (tertiary/aromatic N) is 1. The summed E-state index contributed by atoms with van der Waals surface area (Å²) in [6.07, 6.45) is 2.03. The molecule has 1 saturated heterocycles. The molecule has 1 aliphatic heterocycles. The Morgan fingerprint density at radius 3 is 3.00 bits per heavy atom. The lowest BCUT2D eigenvalue weighted by Gasteiger charge is -2.32. The molecule has 1 aromatic rings. The third kappa shape index (κ3) is 3.53. The number of halogens is 1. The van der Waals surface area contributed by atoms with Crippen LogP contribution in [0.5, 0.6) is 0 Å². The Kier molecular flexibility index (Phi) is 4.91. The fourth-order valence-corrected chi connectivity index (χ4v) is 2.48. The van der Waals surface area contributed by atoms with Crippen molar-refractivity contribution in [2.45, 2.75) is 19.8 Å². The molecule has 2 rings (SSSR count). The molecule has 1 aromatic carbocycles. The van der Waals surface area contributed by atoms with Gasteiger partial charge in [-0.25, -0.2) is 4.39 Å². The maximum Gasteiger partial charge on any atom is 0.256 e. The summed E-state index contributed by atoms with van der Waals surface area (Å²) < 4.78 is 19.0. The molecular weight excluding hydrogens is 245 g/mol. The van der Waals surface area contributed by atoms with E-state index >= 15 is 0 Å². The van der Waals surface area contributed by atoms with Crippen LogP contribution in [0, 0.1) is 11.7 Å². The Labute approximate surface area is 113 Å². The number of hydrogen-bond donors (Lipinski definition) is 0. The van der Waals surface area contributed by atoms with Gasteiger partial charge < -0.3 is 9.64 Å². The van der Waals surface area contributed by atoms with Gasteiger partial charge >= 0.3 is 0 Å². The standard InChI is InChI=1S/C15H20FNO2/c1-2-19-11-12-6-5-9-17(10-12)15(18)13-7-3-4-8-14(13)16/h3-4,7-8,12H,2,5-6,9-11H2,1H3. The first kappa shape index (κ1) is 14.0. The van der Waals surface area contributed by atoms with Crippen LogP contribution in [-0.2, 0) is 4.74 Å². The predicted octanol–water partition coefficient (Wildman–Crippen LogP) is 2.71. The number of carbonyl (C=O) groups excluding carboxylic acids is 1. The van der Waals surface area contributed by atoms with Gasteiger partial charge in [-0.3, -0.25) is 4.79 Å². The first-order chi connectivity index (χ1) is 9.22. The fraction of sp³-hybridized carbons (Fsp3) is 0.533. The summed E-state index contributed by atoms with van der Waals surface area (Å²) in [4.78, 5) is 14.0. The van der Waals surface area contributed by atoms with E-state index in [4.69, 9.17) is 4.74 Å². The van der Waals surface area contributed by atoms with Crippen LogP contribution in [0.2, 0.25) is 0 Å². The van der Waals surface area contributed by atoms with E-state index in [1.807, 2.05) is 6.92 Å². The average molecular weight is 265 g/mol. The highest BCUT2D eigenvalue weighted by Crippen LogP contribution is 2.20. The van der Waals surface area contributed by atoms with Crippen LogP contribution in [0.1, 0.15) is 30.1 Å². The second kappa shape index (κ2) is 6.66. The number of piperidine rings is 1. The van der Waals surface area contributed by atoms with Crippen LogP contribution in [0.3, 0.4) is 0 Å². The lowest BCUT2D eigenvalue weighted by molar-refractivity contribution is 0.0497. The van der Waals surface area contributed by atoms with Crippen LogP contribution >= 0.6 is 0 Å². The van der Waals surface area contributed by atoms with E-state index < -0.39 is 5.82 Å². The lowest BCUT2D eigenvalue weighted by Crippen LogP contribution is -2.41. The van der Waals surface area contributed by atoms with Crippen LogP contribution < -0.4 is 0 Å². The molecule has 1 fully saturated rings. The monoisotopic (exact) mass is 265 g/mol. The van der Waals surface area contributed by atoms with Gasteiger partial charge in [0.2, 0.25) is 0 Å². The first-order valence-electron chi connectivity index (χ1n) is 6.84. The number of carbonyl (C=O) groups is 1. The number of amides is 1. The molecular formula is C15H20FNO2. The van der Waals surface area contributed by atoms with Gasteiger partial charge in [-0.05, 0) is 37.8 Å². The average Bonchev–Trinajstić information content (AvgIpc) is 2.45. The summed E-state index contributed by atoms with van der Waals surface area (Å²) in [6, 6.07) is 6.16. The number of hydrogen-bond acceptors (Lipinski definition) is 2. The van der Waals surface area contributed by atoms with E-state index in [0.717, 1.165) is 12.8 Å². The van der Waals surface area contributed by atoms with E-state index in [0.29, 0.717) is 32.2 Å². The van der Waals surface area contributed by atoms with Crippen molar-refractivity contribution >= 4 is 5.91 Å². The van der Waals surface area contributed by atoms with Crippen molar-refractivity contribution in [1.82, 2.24) is 4.90 Å². The molecule has 19 heavy (non-hydrogen) atoms. The number of rotatable bonds is 4. The zero-order valence-corrected chi connectivity index (χ0v) is 11.3. The lowest BCUT2D eigenvalue weighted by atomic mass is 9.98. The Morgan fingerprint density at radius 2 is 2.26 bits per heavy atom. The van der Waals surface area contributed by atoms with E-state index in [9.17, 15) is 9.18 Å². The van der Waals surface area contributed by atoms with Gasteiger partial charge in [-0.2, -0.15) is 0 Å². The molecule has 0 aromatic heterocycles. The Morgan fingerprint density at radius 1 is 1.47 bits per heavy atom.